The molecule has 2 rings (SSSR count). The van der Waals surface area contributed by atoms with E-state index in [1.54, 1.807) is 4.90 Å². The SMILES string of the molecule is NC(=S)C1(C(=O)N2CCCC(O)C2)CCCC1. The summed E-state index contributed by atoms with van der Waals surface area (Å²) in [5.41, 5.74) is 5.18. The molecule has 0 bridgehead atoms. The van der Waals surface area contributed by atoms with E-state index in [4.69, 9.17) is 18.0 Å². The topological polar surface area (TPSA) is 66.6 Å². The van der Waals surface area contributed by atoms with Crippen LogP contribution in [0.25, 0.3) is 0 Å². The molecule has 2 fully saturated rings. The fourth-order valence-corrected chi connectivity index (χ4v) is 3.28. The van der Waals surface area contributed by atoms with Gasteiger partial charge in [0.1, 0.15) is 0 Å². The molecule has 3 N–H and O–H groups in total. The van der Waals surface area contributed by atoms with Gasteiger partial charge < -0.3 is 15.7 Å². The van der Waals surface area contributed by atoms with Crippen LogP contribution >= 0.6 is 12.2 Å². The first kappa shape index (κ1) is 12.8. The van der Waals surface area contributed by atoms with E-state index in [1.165, 1.54) is 0 Å². The summed E-state index contributed by atoms with van der Waals surface area (Å²) in [7, 11) is 0. The third-order valence-electron chi connectivity index (χ3n) is 4.02. The predicted molar refractivity (Wildman–Crippen MR) is 69.5 cm³/mol. The van der Waals surface area contributed by atoms with Crippen LogP contribution in [0.4, 0.5) is 0 Å². The molecule has 0 aromatic rings. The molecular weight excluding hydrogens is 236 g/mol. The molecule has 5 heteroatoms. The summed E-state index contributed by atoms with van der Waals surface area (Å²) < 4.78 is 0. The van der Waals surface area contributed by atoms with Crippen molar-refractivity contribution in [1.82, 2.24) is 4.90 Å². The highest BCUT2D eigenvalue weighted by molar-refractivity contribution is 7.80. The highest BCUT2D eigenvalue weighted by Gasteiger charge is 2.46. The van der Waals surface area contributed by atoms with Crippen molar-refractivity contribution in [3.8, 4) is 0 Å². The van der Waals surface area contributed by atoms with Crippen LogP contribution in [0.3, 0.4) is 0 Å². The van der Waals surface area contributed by atoms with E-state index in [0.717, 1.165) is 45.1 Å². The molecule has 0 spiro atoms. The fourth-order valence-electron chi connectivity index (χ4n) is 2.99. The Morgan fingerprint density at radius 1 is 1.35 bits per heavy atom. The first-order valence-corrected chi connectivity index (χ1v) is 6.74. The van der Waals surface area contributed by atoms with Crippen LogP contribution in [0, 0.1) is 5.41 Å². The van der Waals surface area contributed by atoms with Crippen LogP contribution in [-0.4, -0.2) is 40.1 Å². The lowest BCUT2D eigenvalue weighted by Crippen LogP contribution is -2.52. The second kappa shape index (κ2) is 4.90. The normalized spacial score (nSPS) is 28.1. The van der Waals surface area contributed by atoms with Crippen molar-refractivity contribution >= 4 is 23.1 Å². The molecule has 1 aliphatic carbocycles. The standard InChI is InChI=1S/C12H20N2O2S/c13-10(17)12(5-1-2-6-12)11(16)14-7-3-4-9(15)8-14/h9,15H,1-8H2,(H2,13,17). The van der Waals surface area contributed by atoms with Gasteiger partial charge in [-0.1, -0.05) is 25.1 Å². The maximum Gasteiger partial charge on any atom is 0.235 e. The second-order valence-corrected chi connectivity index (χ2v) is 5.64. The van der Waals surface area contributed by atoms with Gasteiger partial charge in [0.05, 0.1) is 16.5 Å². The Morgan fingerprint density at radius 3 is 2.53 bits per heavy atom. The van der Waals surface area contributed by atoms with Crippen molar-refractivity contribution < 1.29 is 9.90 Å². The van der Waals surface area contributed by atoms with Crippen LogP contribution in [0.15, 0.2) is 0 Å². The van der Waals surface area contributed by atoms with Crippen molar-refractivity contribution in [1.29, 1.82) is 0 Å². The monoisotopic (exact) mass is 256 g/mol. The minimum Gasteiger partial charge on any atom is -0.392 e. The van der Waals surface area contributed by atoms with Crippen molar-refractivity contribution in [2.45, 2.75) is 44.6 Å². The summed E-state index contributed by atoms with van der Waals surface area (Å²) in [6, 6.07) is 0. The average Bonchev–Trinajstić information content (AvgIpc) is 2.78. The quantitative estimate of drug-likeness (QED) is 0.718. The molecule has 1 amide bonds. The van der Waals surface area contributed by atoms with Gasteiger partial charge >= 0.3 is 0 Å². The van der Waals surface area contributed by atoms with E-state index in [1.807, 2.05) is 0 Å². The molecule has 1 saturated carbocycles. The minimum atomic E-state index is -0.619. The highest BCUT2D eigenvalue weighted by Crippen LogP contribution is 2.40. The molecule has 1 unspecified atom stereocenters. The fraction of sp³-hybridized carbons (Fsp3) is 0.833. The number of thiocarbonyl (C=S) groups is 1. The summed E-state index contributed by atoms with van der Waals surface area (Å²) in [6.07, 6.45) is 4.82. The number of carbonyl (C=O) groups excluding carboxylic acids is 1. The first-order valence-electron chi connectivity index (χ1n) is 6.33. The highest BCUT2D eigenvalue weighted by atomic mass is 32.1. The van der Waals surface area contributed by atoms with E-state index >= 15 is 0 Å². The van der Waals surface area contributed by atoms with Crippen molar-refractivity contribution in [3.05, 3.63) is 0 Å². The molecule has 0 aromatic carbocycles. The van der Waals surface area contributed by atoms with Crippen molar-refractivity contribution in [2.75, 3.05) is 13.1 Å². The summed E-state index contributed by atoms with van der Waals surface area (Å²) in [6.45, 7) is 1.16. The van der Waals surface area contributed by atoms with Gasteiger partial charge in [0.2, 0.25) is 5.91 Å². The third kappa shape index (κ3) is 2.31. The van der Waals surface area contributed by atoms with Gasteiger partial charge in [-0.05, 0) is 25.7 Å². The Labute approximate surface area is 107 Å². The zero-order chi connectivity index (χ0) is 12.5. The molecule has 2 aliphatic rings. The summed E-state index contributed by atoms with van der Waals surface area (Å²) in [5.74, 6) is 0.0428. The lowest BCUT2D eigenvalue weighted by atomic mass is 9.84. The third-order valence-corrected chi connectivity index (χ3v) is 4.41. The van der Waals surface area contributed by atoms with Crippen LogP contribution in [0.5, 0.6) is 0 Å². The molecule has 0 aromatic heterocycles. The molecule has 1 atom stereocenters. The number of amides is 1. The number of aliphatic hydroxyl groups is 1. The number of rotatable bonds is 2. The number of hydrogen-bond acceptors (Lipinski definition) is 3. The predicted octanol–water partition coefficient (Wildman–Crippen LogP) is 0.816. The van der Waals surface area contributed by atoms with Crippen LogP contribution in [-0.2, 0) is 4.79 Å². The van der Waals surface area contributed by atoms with Gasteiger partial charge in [-0.15, -0.1) is 0 Å². The van der Waals surface area contributed by atoms with Crippen LogP contribution < -0.4 is 5.73 Å². The maximum atomic E-state index is 12.6. The lowest BCUT2D eigenvalue weighted by Gasteiger charge is -2.37. The number of β-amino-alcohol motifs (C(OH)–C–C–N with tert-alkyl or cyclic N) is 1. The van der Waals surface area contributed by atoms with E-state index in [9.17, 15) is 9.90 Å². The Bertz CT molecular complexity index is 326. The second-order valence-electron chi connectivity index (χ2n) is 5.20. The zero-order valence-corrected chi connectivity index (χ0v) is 10.8. The van der Waals surface area contributed by atoms with Gasteiger partial charge in [-0.2, -0.15) is 0 Å². The summed E-state index contributed by atoms with van der Waals surface area (Å²) >= 11 is 5.11. The van der Waals surface area contributed by atoms with Crippen molar-refractivity contribution in [3.63, 3.8) is 0 Å². The van der Waals surface area contributed by atoms with Crippen molar-refractivity contribution in [2.24, 2.45) is 11.1 Å². The number of nitrogens with two attached hydrogens (primary N) is 1. The Balaban J connectivity index is 2.14. The Hall–Kier alpha value is -0.680. The maximum absolute atomic E-state index is 12.6. The van der Waals surface area contributed by atoms with Gasteiger partial charge in [0.15, 0.2) is 0 Å². The number of nitrogens with zero attached hydrogens (tertiary/aromatic N) is 1. The van der Waals surface area contributed by atoms with Gasteiger partial charge in [-0.25, -0.2) is 0 Å². The Morgan fingerprint density at radius 2 is 2.00 bits per heavy atom. The minimum absolute atomic E-state index is 0.0428. The number of aliphatic hydroxyl groups excluding tert-OH is 1. The van der Waals surface area contributed by atoms with Crippen LogP contribution in [0.1, 0.15) is 38.5 Å². The first-order chi connectivity index (χ1) is 8.06. The number of hydrogen-bond donors (Lipinski definition) is 2. The number of likely N-dealkylation sites (tertiary alicyclic amines) is 1. The summed E-state index contributed by atoms with van der Waals surface area (Å²) in [5, 5.41) is 9.64. The zero-order valence-electron chi connectivity index (χ0n) is 10.0. The largest absolute Gasteiger partial charge is 0.392 e. The van der Waals surface area contributed by atoms with Gasteiger partial charge in [-0.3, -0.25) is 4.79 Å². The molecule has 4 nitrogen and oxygen atoms in total. The molecule has 1 aliphatic heterocycles. The molecule has 1 heterocycles. The van der Waals surface area contributed by atoms with Gasteiger partial charge in [0, 0.05) is 13.1 Å². The van der Waals surface area contributed by atoms with E-state index in [-0.39, 0.29) is 5.91 Å². The Kier molecular flexibility index (Phi) is 3.68. The molecule has 0 radical (unpaired) electrons. The molecular formula is C12H20N2O2S. The van der Waals surface area contributed by atoms with E-state index in [0.29, 0.717) is 11.5 Å². The summed E-state index contributed by atoms with van der Waals surface area (Å²) in [4.78, 5) is 14.6. The average molecular weight is 256 g/mol. The van der Waals surface area contributed by atoms with E-state index < -0.39 is 11.5 Å². The smallest absolute Gasteiger partial charge is 0.235 e. The molecule has 96 valence electrons. The van der Waals surface area contributed by atoms with E-state index in [2.05, 4.69) is 0 Å². The lowest BCUT2D eigenvalue weighted by molar-refractivity contribution is -0.141. The number of carbonyl (C=O) groups is 1. The van der Waals surface area contributed by atoms with Gasteiger partial charge in [0.25, 0.3) is 0 Å². The van der Waals surface area contributed by atoms with Crippen LogP contribution in [0.2, 0.25) is 0 Å². The molecule has 17 heavy (non-hydrogen) atoms. The molecule has 1 saturated heterocycles. The number of piperidine rings is 1.